The standard InChI is InChI=1S/C13H18O3/c1-3-6-11(13(15)16)12(14)10-8-5-4-7-9(10)2/h4-5,7-8,11-12,14H,3,6H2,1-2H3,(H,15,16). The normalized spacial score (nSPS) is 14.4. The zero-order chi connectivity index (χ0) is 12.1. The van der Waals surface area contributed by atoms with Gasteiger partial charge in [0, 0.05) is 0 Å². The number of aliphatic carboxylic acids is 1. The van der Waals surface area contributed by atoms with Gasteiger partial charge in [0.1, 0.15) is 0 Å². The van der Waals surface area contributed by atoms with Gasteiger partial charge in [-0.2, -0.15) is 0 Å². The van der Waals surface area contributed by atoms with Crippen molar-refractivity contribution in [1.82, 2.24) is 0 Å². The summed E-state index contributed by atoms with van der Waals surface area (Å²) in [5, 5.41) is 19.1. The van der Waals surface area contributed by atoms with Crippen LogP contribution in [0.4, 0.5) is 0 Å². The summed E-state index contributed by atoms with van der Waals surface area (Å²) >= 11 is 0. The molecule has 2 unspecified atom stereocenters. The summed E-state index contributed by atoms with van der Waals surface area (Å²) in [7, 11) is 0. The fourth-order valence-corrected chi connectivity index (χ4v) is 1.86. The van der Waals surface area contributed by atoms with E-state index in [4.69, 9.17) is 5.11 Å². The summed E-state index contributed by atoms with van der Waals surface area (Å²) in [4.78, 5) is 11.1. The van der Waals surface area contributed by atoms with Gasteiger partial charge in [-0.25, -0.2) is 0 Å². The Balaban J connectivity index is 2.94. The Hall–Kier alpha value is -1.35. The van der Waals surface area contributed by atoms with Crippen LogP contribution in [0.15, 0.2) is 24.3 Å². The maximum absolute atomic E-state index is 11.1. The van der Waals surface area contributed by atoms with E-state index in [0.717, 1.165) is 12.0 Å². The number of aliphatic hydroxyl groups is 1. The van der Waals surface area contributed by atoms with Crippen LogP contribution < -0.4 is 0 Å². The molecule has 0 saturated carbocycles. The molecule has 16 heavy (non-hydrogen) atoms. The minimum atomic E-state index is -0.933. The highest BCUT2D eigenvalue weighted by atomic mass is 16.4. The highest BCUT2D eigenvalue weighted by molar-refractivity contribution is 5.71. The minimum absolute atomic E-state index is 0.491. The second-order valence-corrected chi connectivity index (χ2v) is 4.03. The lowest BCUT2D eigenvalue weighted by molar-refractivity contribution is -0.146. The summed E-state index contributed by atoms with van der Waals surface area (Å²) in [5.74, 6) is -1.65. The van der Waals surface area contributed by atoms with Crippen LogP contribution in [0.2, 0.25) is 0 Å². The highest BCUT2D eigenvalue weighted by Crippen LogP contribution is 2.28. The number of carboxylic acids is 1. The zero-order valence-corrected chi connectivity index (χ0v) is 9.68. The lowest BCUT2D eigenvalue weighted by Gasteiger charge is -2.20. The Labute approximate surface area is 95.7 Å². The van der Waals surface area contributed by atoms with Crippen molar-refractivity contribution in [3.05, 3.63) is 35.4 Å². The molecule has 0 spiro atoms. The Bertz CT molecular complexity index is 360. The first kappa shape index (κ1) is 12.7. The molecule has 0 aliphatic carbocycles. The Morgan fingerprint density at radius 3 is 2.50 bits per heavy atom. The van der Waals surface area contributed by atoms with Gasteiger partial charge >= 0.3 is 5.97 Å². The average molecular weight is 222 g/mol. The summed E-state index contributed by atoms with van der Waals surface area (Å²) in [6.07, 6.45) is 0.323. The summed E-state index contributed by atoms with van der Waals surface area (Å²) in [6, 6.07) is 7.35. The monoisotopic (exact) mass is 222 g/mol. The predicted molar refractivity (Wildman–Crippen MR) is 62.2 cm³/mol. The SMILES string of the molecule is CCCC(C(=O)O)C(O)c1ccccc1C. The molecule has 0 aliphatic heterocycles. The molecule has 2 atom stereocenters. The smallest absolute Gasteiger partial charge is 0.309 e. The highest BCUT2D eigenvalue weighted by Gasteiger charge is 2.27. The molecule has 1 aromatic rings. The van der Waals surface area contributed by atoms with E-state index in [-0.39, 0.29) is 0 Å². The van der Waals surface area contributed by atoms with Crippen LogP contribution in [0.25, 0.3) is 0 Å². The van der Waals surface area contributed by atoms with Crippen molar-refractivity contribution >= 4 is 5.97 Å². The van der Waals surface area contributed by atoms with Gasteiger partial charge in [0.05, 0.1) is 12.0 Å². The molecular weight excluding hydrogens is 204 g/mol. The van der Waals surface area contributed by atoms with E-state index in [9.17, 15) is 9.90 Å². The van der Waals surface area contributed by atoms with Crippen LogP contribution in [-0.4, -0.2) is 16.2 Å². The van der Waals surface area contributed by atoms with Crippen molar-refractivity contribution in [3.63, 3.8) is 0 Å². The fourth-order valence-electron chi connectivity index (χ4n) is 1.86. The topological polar surface area (TPSA) is 57.5 Å². The lowest BCUT2D eigenvalue weighted by atomic mass is 9.90. The van der Waals surface area contributed by atoms with E-state index in [0.29, 0.717) is 12.0 Å². The van der Waals surface area contributed by atoms with Crippen molar-refractivity contribution in [1.29, 1.82) is 0 Å². The van der Waals surface area contributed by atoms with Crippen molar-refractivity contribution < 1.29 is 15.0 Å². The first-order valence-corrected chi connectivity index (χ1v) is 5.54. The van der Waals surface area contributed by atoms with E-state index in [1.807, 2.05) is 32.0 Å². The molecule has 3 nitrogen and oxygen atoms in total. The van der Waals surface area contributed by atoms with Gasteiger partial charge in [-0.1, -0.05) is 37.6 Å². The van der Waals surface area contributed by atoms with E-state index in [1.54, 1.807) is 6.07 Å². The third-order valence-corrected chi connectivity index (χ3v) is 2.81. The molecule has 0 fully saturated rings. The molecule has 0 radical (unpaired) electrons. The van der Waals surface area contributed by atoms with Gasteiger partial charge in [0.25, 0.3) is 0 Å². The van der Waals surface area contributed by atoms with Crippen molar-refractivity contribution in [2.24, 2.45) is 5.92 Å². The third-order valence-electron chi connectivity index (χ3n) is 2.81. The van der Waals surface area contributed by atoms with Crippen LogP contribution in [-0.2, 0) is 4.79 Å². The number of aryl methyl sites for hydroxylation is 1. The number of hydrogen-bond acceptors (Lipinski definition) is 2. The minimum Gasteiger partial charge on any atom is -0.481 e. The van der Waals surface area contributed by atoms with E-state index >= 15 is 0 Å². The van der Waals surface area contributed by atoms with E-state index in [1.165, 1.54) is 0 Å². The Kier molecular flexibility index (Phi) is 4.50. The maximum atomic E-state index is 11.1. The van der Waals surface area contributed by atoms with Gasteiger partial charge < -0.3 is 10.2 Å². The van der Waals surface area contributed by atoms with Gasteiger partial charge in [-0.05, 0) is 24.5 Å². The number of benzene rings is 1. The van der Waals surface area contributed by atoms with Crippen LogP contribution in [0, 0.1) is 12.8 Å². The molecule has 0 saturated heterocycles. The van der Waals surface area contributed by atoms with Crippen LogP contribution >= 0.6 is 0 Å². The Morgan fingerprint density at radius 1 is 1.38 bits per heavy atom. The first-order chi connectivity index (χ1) is 7.57. The number of carbonyl (C=O) groups is 1. The molecule has 88 valence electrons. The van der Waals surface area contributed by atoms with E-state index < -0.39 is 18.0 Å². The van der Waals surface area contributed by atoms with Crippen LogP contribution in [0.1, 0.15) is 37.0 Å². The molecular formula is C13H18O3. The predicted octanol–water partition coefficient (Wildman–Crippen LogP) is 2.53. The molecule has 3 heteroatoms. The number of carboxylic acid groups (broad SMARTS) is 1. The average Bonchev–Trinajstić information content (AvgIpc) is 2.25. The van der Waals surface area contributed by atoms with Gasteiger partial charge in [0.2, 0.25) is 0 Å². The Morgan fingerprint density at radius 2 is 2.00 bits per heavy atom. The summed E-state index contributed by atoms with van der Waals surface area (Å²) < 4.78 is 0. The molecule has 1 aromatic carbocycles. The van der Waals surface area contributed by atoms with Gasteiger partial charge in [-0.15, -0.1) is 0 Å². The quantitative estimate of drug-likeness (QED) is 0.804. The fraction of sp³-hybridized carbons (Fsp3) is 0.462. The second kappa shape index (κ2) is 5.66. The van der Waals surface area contributed by atoms with Crippen molar-refractivity contribution in [2.75, 3.05) is 0 Å². The van der Waals surface area contributed by atoms with Gasteiger partial charge in [-0.3, -0.25) is 4.79 Å². The lowest BCUT2D eigenvalue weighted by Crippen LogP contribution is -2.22. The molecule has 0 aliphatic rings. The molecule has 0 amide bonds. The number of aliphatic hydroxyl groups excluding tert-OH is 1. The zero-order valence-electron chi connectivity index (χ0n) is 9.68. The number of hydrogen-bond donors (Lipinski definition) is 2. The van der Waals surface area contributed by atoms with Crippen LogP contribution in [0.3, 0.4) is 0 Å². The molecule has 0 bridgehead atoms. The maximum Gasteiger partial charge on any atom is 0.309 e. The summed E-state index contributed by atoms with van der Waals surface area (Å²) in [6.45, 7) is 3.80. The third kappa shape index (κ3) is 2.83. The van der Waals surface area contributed by atoms with E-state index in [2.05, 4.69) is 0 Å². The van der Waals surface area contributed by atoms with Crippen molar-refractivity contribution in [3.8, 4) is 0 Å². The number of rotatable bonds is 5. The molecule has 2 N–H and O–H groups in total. The summed E-state index contributed by atoms with van der Waals surface area (Å²) in [5.41, 5.74) is 1.64. The van der Waals surface area contributed by atoms with Crippen molar-refractivity contribution in [2.45, 2.75) is 32.8 Å². The van der Waals surface area contributed by atoms with Crippen LogP contribution in [0.5, 0.6) is 0 Å². The first-order valence-electron chi connectivity index (χ1n) is 5.54. The molecule has 0 aromatic heterocycles. The largest absolute Gasteiger partial charge is 0.481 e. The molecule has 1 rings (SSSR count). The molecule has 0 heterocycles. The second-order valence-electron chi connectivity index (χ2n) is 4.03. The van der Waals surface area contributed by atoms with Gasteiger partial charge in [0.15, 0.2) is 0 Å².